The summed E-state index contributed by atoms with van der Waals surface area (Å²) >= 11 is 0. The lowest BCUT2D eigenvalue weighted by Crippen LogP contribution is -2.58. The van der Waals surface area contributed by atoms with Crippen molar-refractivity contribution in [2.24, 2.45) is 0 Å². The molecule has 3 heteroatoms. The third-order valence-corrected chi connectivity index (χ3v) is 3.54. The average Bonchev–Trinajstić information content (AvgIpc) is 2.39. The number of nitrogens with zero attached hydrogens (tertiary/aromatic N) is 1. The monoisotopic (exact) mass is 218 g/mol. The Kier molecular flexibility index (Phi) is 2.80. The van der Waals surface area contributed by atoms with Gasteiger partial charge in [-0.15, -0.1) is 0 Å². The largest absolute Gasteiger partial charge is 0.373 e. The number of benzene rings is 1. The van der Waals surface area contributed by atoms with Gasteiger partial charge in [0.2, 0.25) is 0 Å². The molecule has 2 heterocycles. The molecule has 1 aromatic rings. The third kappa shape index (κ3) is 1.81. The number of morpholine rings is 1. The summed E-state index contributed by atoms with van der Waals surface area (Å²) in [7, 11) is 0. The maximum atomic E-state index is 5.83. The molecule has 16 heavy (non-hydrogen) atoms. The highest BCUT2D eigenvalue weighted by molar-refractivity contribution is 5.48. The van der Waals surface area contributed by atoms with E-state index in [9.17, 15) is 0 Å². The smallest absolute Gasteiger partial charge is 0.0903 e. The quantitative estimate of drug-likeness (QED) is 0.768. The van der Waals surface area contributed by atoms with Crippen molar-refractivity contribution in [3.8, 4) is 0 Å². The Morgan fingerprint density at radius 1 is 1.25 bits per heavy atom. The molecule has 3 nitrogen and oxygen atoms in total. The Morgan fingerprint density at radius 2 is 2.12 bits per heavy atom. The van der Waals surface area contributed by atoms with E-state index in [1.165, 1.54) is 12.1 Å². The molecule has 0 amide bonds. The van der Waals surface area contributed by atoms with Crippen LogP contribution in [-0.4, -0.2) is 38.4 Å². The van der Waals surface area contributed by atoms with Gasteiger partial charge in [-0.2, -0.15) is 0 Å². The van der Waals surface area contributed by atoms with Crippen LogP contribution in [0.5, 0.6) is 0 Å². The van der Waals surface area contributed by atoms with Crippen molar-refractivity contribution < 1.29 is 4.74 Å². The number of nitrogens with one attached hydrogen (secondary N) is 1. The van der Waals surface area contributed by atoms with Gasteiger partial charge in [0.25, 0.3) is 0 Å². The summed E-state index contributed by atoms with van der Waals surface area (Å²) in [6.45, 7) is 3.96. The number of para-hydroxylation sites is 1. The minimum atomic E-state index is 0.364. The van der Waals surface area contributed by atoms with E-state index in [1.54, 1.807) is 0 Å². The van der Waals surface area contributed by atoms with E-state index in [2.05, 4.69) is 40.5 Å². The highest BCUT2D eigenvalue weighted by Crippen LogP contribution is 2.25. The first-order valence-corrected chi connectivity index (χ1v) is 6.09. The molecule has 2 aliphatic rings. The summed E-state index contributed by atoms with van der Waals surface area (Å²) in [5.74, 6) is 0. The zero-order chi connectivity index (χ0) is 10.8. The van der Waals surface area contributed by atoms with Crippen LogP contribution in [0, 0.1) is 0 Å². The van der Waals surface area contributed by atoms with Gasteiger partial charge in [0.15, 0.2) is 0 Å². The molecule has 2 fully saturated rings. The van der Waals surface area contributed by atoms with Crippen LogP contribution in [0.2, 0.25) is 0 Å². The van der Waals surface area contributed by atoms with E-state index >= 15 is 0 Å². The molecule has 0 bridgehead atoms. The predicted molar refractivity (Wildman–Crippen MR) is 64.8 cm³/mol. The van der Waals surface area contributed by atoms with Crippen molar-refractivity contribution in [2.75, 3.05) is 31.1 Å². The van der Waals surface area contributed by atoms with Crippen molar-refractivity contribution in [3.63, 3.8) is 0 Å². The molecular weight excluding hydrogens is 200 g/mol. The highest BCUT2D eigenvalue weighted by atomic mass is 16.5. The van der Waals surface area contributed by atoms with E-state index in [0.717, 1.165) is 26.2 Å². The number of hydrogen-bond acceptors (Lipinski definition) is 3. The fourth-order valence-electron chi connectivity index (χ4n) is 2.75. The fourth-order valence-corrected chi connectivity index (χ4v) is 2.75. The van der Waals surface area contributed by atoms with Crippen molar-refractivity contribution in [1.29, 1.82) is 0 Å². The summed E-state index contributed by atoms with van der Waals surface area (Å²) in [6, 6.07) is 11.2. The number of anilines is 1. The van der Waals surface area contributed by atoms with E-state index in [0.29, 0.717) is 12.1 Å². The standard InChI is InChI=1S/C13H18N2O/c1-2-4-11(5-3-1)15-8-9-16-13-10-14-7-6-12(13)15/h1-5,12-14H,6-10H2/t12-,13?/m1/s1. The molecule has 0 aliphatic carbocycles. The van der Waals surface area contributed by atoms with Crippen LogP contribution >= 0.6 is 0 Å². The van der Waals surface area contributed by atoms with Gasteiger partial charge < -0.3 is 15.0 Å². The SMILES string of the molecule is c1ccc(N2CCOC3CNCC[C@H]32)cc1. The Morgan fingerprint density at radius 3 is 3.00 bits per heavy atom. The molecule has 2 atom stereocenters. The molecular formula is C13H18N2O. The van der Waals surface area contributed by atoms with Crippen LogP contribution in [0.25, 0.3) is 0 Å². The van der Waals surface area contributed by atoms with Crippen molar-refractivity contribution >= 4 is 5.69 Å². The highest BCUT2D eigenvalue weighted by Gasteiger charge is 2.34. The Bertz CT molecular complexity index is 339. The van der Waals surface area contributed by atoms with Gasteiger partial charge in [-0.1, -0.05) is 18.2 Å². The predicted octanol–water partition coefficient (Wildman–Crippen LogP) is 1.25. The summed E-state index contributed by atoms with van der Waals surface area (Å²) in [5, 5.41) is 3.40. The lowest BCUT2D eigenvalue weighted by molar-refractivity contribution is -0.000221. The van der Waals surface area contributed by atoms with Crippen LogP contribution in [-0.2, 0) is 4.74 Å². The topological polar surface area (TPSA) is 24.5 Å². The first-order valence-electron chi connectivity index (χ1n) is 6.09. The van der Waals surface area contributed by atoms with Crippen molar-refractivity contribution in [3.05, 3.63) is 30.3 Å². The zero-order valence-corrected chi connectivity index (χ0v) is 9.43. The Hall–Kier alpha value is -1.06. The molecule has 1 aromatic carbocycles. The van der Waals surface area contributed by atoms with Gasteiger partial charge in [-0.25, -0.2) is 0 Å². The van der Waals surface area contributed by atoms with Crippen LogP contribution in [0.4, 0.5) is 5.69 Å². The average molecular weight is 218 g/mol. The number of hydrogen-bond donors (Lipinski definition) is 1. The summed E-state index contributed by atoms with van der Waals surface area (Å²) in [6.07, 6.45) is 1.54. The molecule has 1 N–H and O–H groups in total. The second-order valence-corrected chi connectivity index (χ2v) is 4.50. The maximum absolute atomic E-state index is 5.83. The second kappa shape index (κ2) is 4.44. The maximum Gasteiger partial charge on any atom is 0.0903 e. The molecule has 3 rings (SSSR count). The molecule has 2 saturated heterocycles. The van der Waals surface area contributed by atoms with Crippen LogP contribution in [0.1, 0.15) is 6.42 Å². The van der Waals surface area contributed by atoms with E-state index in [1.807, 2.05) is 0 Å². The molecule has 86 valence electrons. The van der Waals surface area contributed by atoms with E-state index < -0.39 is 0 Å². The zero-order valence-electron chi connectivity index (χ0n) is 9.43. The van der Waals surface area contributed by atoms with Crippen molar-refractivity contribution in [1.82, 2.24) is 5.32 Å². The van der Waals surface area contributed by atoms with Crippen LogP contribution < -0.4 is 10.2 Å². The summed E-state index contributed by atoms with van der Waals surface area (Å²) in [4.78, 5) is 2.51. The first kappa shape index (κ1) is 10.1. The molecule has 0 aromatic heterocycles. The second-order valence-electron chi connectivity index (χ2n) is 4.50. The van der Waals surface area contributed by atoms with E-state index in [4.69, 9.17) is 4.74 Å². The lowest BCUT2D eigenvalue weighted by atomic mass is 9.99. The summed E-state index contributed by atoms with van der Waals surface area (Å²) < 4.78 is 5.83. The van der Waals surface area contributed by atoms with E-state index in [-0.39, 0.29) is 0 Å². The molecule has 0 saturated carbocycles. The van der Waals surface area contributed by atoms with Crippen LogP contribution in [0.3, 0.4) is 0 Å². The van der Waals surface area contributed by atoms with Gasteiger partial charge in [-0.3, -0.25) is 0 Å². The normalized spacial score (nSPS) is 29.9. The minimum absolute atomic E-state index is 0.364. The first-order chi connectivity index (χ1) is 7.95. The van der Waals surface area contributed by atoms with Gasteiger partial charge in [0.1, 0.15) is 0 Å². The van der Waals surface area contributed by atoms with Gasteiger partial charge in [0.05, 0.1) is 18.8 Å². The number of ether oxygens (including phenoxy) is 1. The van der Waals surface area contributed by atoms with Gasteiger partial charge >= 0.3 is 0 Å². The third-order valence-electron chi connectivity index (χ3n) is 3.54. The number of fused-ring (bicyclic) bond motifs is 1. The molecule has 0 spiro atoms. The Balaban J connectivity index is 1.83. The van der Waals surface area contributed by atoms with Crippen LogP contribution in [0.15, 0.2) is 30.3 Å². The molecule has 2 aliphatic heterocycles. The molecule has 1 unspecified atom stereocenters. The molecule has 0 radical (unpaired) electrons. The van der Waals surface area contributed by atoms with Gasteiger partial charge in [0, 0.05) is 18.8 Å². The Labute approximate surface area is 96.4 Å². The lowest BCUT2D eigenvalue weighted by Gasteiger charge is -2.45. The van der Waals surface area contributed by atoms with Gasteiger partial charge in [-0.05, 0) is 25.1 Å². The van der Waals surface area contributed by atoms with Crippen molar-refractivity contribution in [2.45, 2.75) is 18.6 Å². The number of rotatable bonds is 1. The summed E-state index contributed by atoms with van der Waals surface area (Å²) in [5.41, 5.74) is 1.34. The number of piperidine rings is 1. The minimum Gasteiger partial charge on any atom is -0.373 e. The fraction of sp³-hybridized carbons (Fsp3) is 0.538.